The Hall–Kier alpha value is -2.38. The van der Waals surface area contributed by atoms with Gasteiger partial charge in [-0.1, -0.05) is 84.3 Å². The van der Waals surface area contributed by atoms with Crippen LogP contribution in [0.1, 0.15) is 120 Å². The average Bonchev–Trinajstić information content (AvgIpc) is 2.88. The minimum absolute atomic E-state index is 0.0183. The molecule has 0 spiro atoms. The molecule has 4 amide bonds. The van der Waals surface area contributed by atoms with Crippen LogP contribution in [-0.2, 0) is 19.2 Å². The van der Waals surface area contributed by atoms with Crippen LogP contribution < -0.4 is 5.32 Å². The molecule has 1 N–H and O–H groups in total. The van der Waals surface area contributed by atoms with E-state index in [2.05, 4.69) is 46.0 Å². The summed E-state index contributed by atoms with van der Waals surface area (Å²) in [5.41, 5.74) is 1.30. The fraction of sp³-hybridized carbons (Fsp3) is 0.824. The van der Waals surface area contributed by atoms with Crippen LogP contribution in [0.3, 0.4) is 0 Å². The first kappa shape index (κ1) is 39.6. The largest absolute Gasteiger partial charge is 0.355 e. The van der Waals surface area contributed by atoms with Crippen molar-refractivity contribution in [1.29, 1.82) is 0 Å². The molecule has 0 unspecified atom stereocenters. The molecule has 8 heteroatoms. The Balaban J connectivity index is 4.54. The number of nitrogens with zero attached hydrogens (tertiary/aromatic N) is 3. The lowest BCUT2D eigenvalue weighted by Gasteiger charge is -2.29. The highest BCUT2D eigenvalue weighted by Crippen LogP contribution is 2.22. The molecule has 0 aliphatic rings. The van der Waals surface area contributed by atoms with Crippen LogP contribution in [-0.4, -0.2) is 84.1 Å². The topological polar surface area (TPSA) is 90.0 Å². The number of carbonyl (C=O) groups is 4. The third kappa shape index (κ3) is 21.3. The molecular formula is C34H64N4O4. The predicted octanol–water partition coefficient (Wildman–Crippen LogP) is 6.05. The van der Waals surface area contributed by atoms with Gasteiger partial charge in [0.2, 0.25) is 23.6 Å². The number of allylic oxidation sites excluding steroid dienone is 1. The number of rotatable bonds is 23. The molecule has 0 aliphatic carbocycles. The molecule has 0 radical (unpaired) electrons. The van der Waals surface area contributed by atoms with Crippen LogP contribution >= 0.6 is 0 Å². The van der Waals surface area contributed by atoms with E-state index in [1.807, 2.05) is 0 Å². The number of nitrogens with one attached hydrogen (secondary N) is 1. The normalized spacial score (nSPS) is 13.0. The molecule has 8 nitrogen and oxygen atoms in total. The third-order valence-corrected chi connectivity index (χ3v) is 8.17. The molecule has 0 aromatic rings. The van der Waals surface area contributed by atoms with Crippen LogP contribution in [0, 0.1) is 17.8 Å². The molecule has 0 rings (SSSR count). The Labute approximate surface area is 258 Å². The van der Waals surface area contributed by atoms with E-state index in [0.29, 0.717) is 45.8 Å². The summed E-state index contributed by atoms with van der Waals surface area (Å²) in [6.45, 7) is 20.4. The lowest BCUT2D eigenvalue weighted by Crippen LogP contribution is -2.45. The van der Waals surface area contributed by atoms with Gasteiger partial charge in [0, 0.05) is 73.5 Å². The molecule has 0 saturated carbocycles. The fourth-order valence-electron chi connectivity index (χ4n) is 5.16. The summed E-state index contributed by atoms with van der Waals surface area (Å²) in [5.74, 6) is 2.04. The quantitative estimate of drug-likeness (QED) is 0.146. The Kier molecular flexibility index (Phi) is 21.8. The monoisotopic (exact) mass is 592 g/mol. The Morgan fingerprint density at radius 2 is 1.02 bits per heavy atom. The lowest BCUT2D eigenvalue weighted by atomic mass is 9.91. The van der Waals surface area contributed by atoms with Crippen molar-refractivity contribution < 1.29 is 19.2 Å². The van der Waals surface area contributed by atoms with E-state index in [4.69, 9.17) is 0 Å². The average molecular weight is 593 g/mol. The van der Waals surface area contributed by atoms with Gasteiger partial charge in [0.05, 0.1) is 0 Å². The maximum Gasteiger partial charge on any atom is 0.219 e. The second kappa shape index (κ2) is 23.1. The van der Waals surface area contributed by atoms with Gasteiger partial charge in [-0.25, -0.2) is 0 Å². The summed E-state index contributed by atoms with van der Waals surface area (Å²) in [4.78, 5) is 52.7. The van der Waals surface area contributed by atoms with Gasteiger partial charge in [-0.2, -0.15) is 0 Å². The maximum atomic E-state index is 12.3. The third-order valence-electron chi connectivity index (χ3n) is 8.17. The Bertz CT molecular complexity index is 826. The molecule has 0 aromatic heterocycles. The second-order valence-corrected chi connectivity index (χ2v) is 12.9. The molecule has 2 atom stereocenters. The Morgan fingerprint density at radius 1 is 0.595 bits per heavy atom. The molecule has 0 saturated heterocycles. The summed E-state index contributed by atoms with van der Waals surface area (Å²) >= 11 is 0. The number of carbonyl (C=O) groups excluding carboxylic acids is 4. The lowest BCUT2D eigenvalue weighted by molar-refractivity contribution is -0.134. The molecule has 0 aromatic carbocycles. The molecule has 0 aliphatic heterocycles. The van der Waals surface area contributed by atoms with Crippen molar-refractivity contribution in [2.75, 3.05) is 45.8 Å². The first-order valence-corrected chi connectivity index (χ1v) is 16.4. The summed E-state index contributed by atoms with van der Waals surface area (Å²) in [6.07, 6.45) is 13.6. The van der Waals surface area contributed by atoms with Gasteiger partial charge < -0.3 is 20.0 Å². The molecule has 0 fully saturated rings. The van der Waals surface area contributed by atoms with Crippen molar-refractivity contribution in [3.8, 4) is 0 Å². The van der Waals surface area contributed by atoms with Crippen molar-refractivity contribution in [2.24, 2.45) is 17.8 Å². The maximum absolute atomic E-state index is 12.3. The van der Waals surface area contributed by atoms with Gasteiger partial charge in [-0.05, 0) is 37.5 Å². The zero-order chi connectivity index (χ0) is 32.1. The van der Waals surface area contributed by atoms with Crippen LogP contribution in [0.15, 0.2) is 11.6 Å². The van der Waals surface area contributed by atoms with Gasteiger partial charge >= 0.3 is 0 Å². The van der Waals surface area contributed by atoms with Crippen molar-refractivity contribution >= 4 is 23.6 Å². The first-order chi connectivity index (χ1) is 19.7. The molecule has 42 heavy (non-hydrogen) atoms. The van der Waals surface area contributed by atoms with E-state index < -0.39 is 0 Å². The molecule has 0 bridgehead atoms. The summed E-state index contributed by atoms with van der Waals surface area (Å²) in [5, 5.41) is 2.69. The van der Waals surface area contributed by atoms with E-state index in [9.17, 15) is 19.2 Å². The van der Waals surface area contributed by atoms with Crippen molar-refractivity contribution in [3.05, 3.63) is 11.6 Å². The Morgan fingerprint density at radius 3 is 1.48 bits per heavy atom. The van der Waals surface area contributed by atoms with E-state index in [1.54, 1.807) is 21.6 Å². The smallest absolute Gasteiger partial charge is 0.219 e. The van der Waals surface area contributed by atoms with Gasteiger partial charge in [-0.3, -0.25) is 19.2 Å². The van der Waals surface area contributed by atoms with Crippen molar-refractivity contribution in [1.82, 2.24) is 20.0 Å². The van der Waals surface area contributed by atoms with E-state index >= 15 is 0 Å². The first-order valence-electron chi connectivity index (χ1n) is 16.4. The fourth-order valence-corrected chi connectivity index (χ4v) is 5.16. The standard InChI is InChI=1S/C34H64N4O4/c1-27(2)13-10-14-28(3)15-11-16-29(4)17-12-18-30(5)19-21-36(32(7)40)23-25-38(34(9)42)26-24-37(33(8)41)22-20-35-31(6)39/h19,27-29H,10-18,20-26H2,1-9H3,(H,35,39)/b30-19+/t28-,29-/m1/s1. The zero-order valence-electron chi connectivity index (χ0n) is 28.6. The SMILES string of the molecule is CC(=O)NCCN(CCN(CCN(C/C=C(\C)CCC[C@H](C)CCC[C@H](C)CCCC(C)C)C(C)=O)C(C)=O)C(C)=O. The van der Waals surface area contributed by atoms with E-state index in [1.165, 1.54) is 77.7 Å². The highest BCUT2D eigenvalue weighted by atomic mass is 16.2. The zero-order valence-corrected chi connectivity index (χ0v) is 28.6. The van der Waals surface area contributed by atoms with Crippen molar-refractivity contribution in [3.63, 3.8) is 0 Å². The molecule has 0 heterocycles. The van der Waals surface area contributed by atoms with Crippen LogP contribution in [0.2, 0.25) is 0 Å². The summed E-state index contributed by atoms with van der Waals surface area (Å²) in [7, 11) is 0. The van der Waals surface area contributed by atoms with E-state index in [0.717, 1.165) is 24.2 Å². The van der Waals surface area contributed by atoms with Gasteiger partial charge in [-0.15, -0.1) is 0 Å². The predicted molar refractivity (Wildman–Crippen MR) is 174 cm³/mol. The minimum Gasteiger partial charge on any atom is -0.355 e. The molecular weight excluding hydrogens is 528 g/mol. The van der Waals surface area contributed by atoms with Gasteiger partial charge in [0.15, 0.2) is 0 Å². The summed E-state index contributed by atoms with van der Waals surface area (Å²) in [6, 6.07) is 0. The number of amides is 4. The van der Waals surface area contributed by atoms with E-state index in [-0.39, 0.29) is 23.6 Å². The van der Waals surface area contributed by atoms with Gasteiger partial charge in [0.25, 0.3) is 0 Å². The minimum atomic E-state index is -0.143. The number of hydrogen-bond acceptors (Lipinski definition) is 4. The highest BCUT2D eigenvalue weighted by molar-refractivity contribution is 5.75. The van der Waals surface area contributed by atoms with Crippen LogP contribution in [0.4, 0.5) is 0 Å². The van der Waals surface area contributed by atoms with Crippen LogP contribution in [0.5, 0.6) is 0 Å². The second-order valence-electron chi connectivity index (χ2n) is 12.9. The molecule has 244 valence electrons. The van der Waals surface area contributed by atoms with Crippen molar-refractivity contribution in [2.45, 2.75) is 120 Å². The number of hydrogen-bond donors (Lipinski definition) is 1. The highest BCUT2D eigenvalue weighted by Gasteiger charge is 2.16. The van der Waals surface area contributed by atoms with Crippen LogP contribution in [0.25, 0.3) is 0 Å². The van der Waals surface area contributed by atoms with Gasteiger partial charge in [0.1, 0.15) is 0 Å². The summed E-state index contributed by atoms with van der Waals surface area (Å²) < 4.78 is 0.